The highest BCUT2D eigenvalue weighted by Crippen LogP contribution is 2.18. The normalized spacial score (nSPS) is 15.4. The lowest BCUT2D eigenvalue weighted by atomic mass is 10.2. The van der Waals surface area contributed by atoms with E-state index in [2.05, 4.69) is 10.9 Å². The van der Waals surface area contributed by atoms with E-state index in [1.807, 2.05) is 0 Å². The number of amides is 2. The number of hydrogen-bond donors (Lipinski definition) is 2. The van der Waals surface area contributed by atoms with Crippen molar-refractivity contribution in [1.29, 1.82) is 0 Å². The van der Waals surface area contributed by atoms with Gasteiger partial charge in [0.25, 0.3) is 5.91 Å². The Kier molecular flexibility index (Phi) is 6.24. The molecule has 0 saturated carbocycles. The van der Waals surface area contributed by atoms with Crippen LogP contribution in [0.1, 0.15) is 16.1 Å². The average molecular weight is 405 g/mol. The maximum absolute atomic E-state index is 12.6. The topological polar surface area (TPSA) is 118 Å². The van der Waals surface area contributed by atoms with Gasteiger partial charge in [0.05, 0.1) is 24.4 Å². The second-order valence-corrected chi connectivity index (χ2v) is 7.78. The smallest absolute Gasteiger partial charge is 0.305 e. The Labute approximate surface area is 162 Å². The summed E-state index contributed by atoms with van der Waals surface area (Å²) in [6.07, 6.45) is 4.06. The standard InChI is InChI=1S/C18H19N3O6S/c22-17(19-20-18(23)16-2-1-11-27-16)8-5-14-3-6-15(7-4-14)28(24,25)21-9-12-26-13-10-21/h1-8,11H,9-10,12-13H2,(H,19,22)(H,20,23)/b8-5+. The Hall–Kier alpha value is -2.95. The Bertz CT molecular complexity index is 946. The van der Waals surface area contributed by atoms with Crippen molar-refractivity contribution in [2.45, 2.75) is 4.90 Å². The molecule has 28 heavy (non-hydrogen) atoms. The van der Waals surface area contributed by atoms with Crippen molar-refractivity contribution < 1.29 is 27.2 Å². The monoisotopic (exact) mass is 405 g/mol. The molecular weight excluding hydrogens is 386 g/mol. The fraction of sp³-hybridized carbons (Fsp3) is 0.222. The van der Waals surface area contributed by atoms with E-state index in [1.165, 1.54) is 40.9 Å². The first-order valence-electron chi connectivity index (χ1n) is 8.47. The number of carbonyl (C=O) groups is 2. The van der Waals surface area contributed by atoms with Gasteiger partial charge in [-0.1, -0.05) is 12.1 Å². The van der Waals surface area contributed by atoms with Crippen LogP contribution in [0.25, 0.3) is 6.08 Å². The van der Waals surface area contributed by atoms with Crippen LogP contribution in [-0.4, -0.2) is 50.8 Å². The zero-order valence-electron chi connectivity index (χ0n) is 14.8. The number of hydrazine groups is 1. The molecule has 2 N–H and O–H groups in total. The number of benzene rings is 1. The van der Waals surface area contributed by atoms with E-state index in [0.717, 1.165) is 0 Å². The second kappa shape index (κ2) is 8.83. The largest absolute Gasteiger partial charge is 0.459 e. The third kappa shape index (κ3) is 4.85. The summed E-state index contributed by atoms with van der Waals surface area (Å²) in [4.78, 5) is 23.6. The van der Waals surface area contributed by atoms with Crippen LogP contribution in [0.15, 0.2) is 58.1 Å². The fourth-order valence-electron chi connectivity index (χ4n) is 2.49. The van der Waals surface area contributed by atoms with Gasteiger partial charge in [0, 0.05) is 19.2 Å². The predicted molar refractivity (Wildman–Crippen MR) is 99.4 cm³/mol. The quantitative estimate of drug-likeness (QED) is 0.561. The lowest BCUT2D eigenvalue weighted by molar-refractivity contribution is -0.117. The van der Waals surface area contributed by atoms with E-state index in [9.17, 15) is 18.0 Å². The van der Waals surface area contributed by atoms with Gasteiger partial charge in [-0.2, -0.15) is 4.31 Å². The van der Waals surface area contributed by atoms with Gasteiger partial charge >= 0.3 is 5.91 Å². The number of nitrogens with zero attached hydrogens (tertiary/aromatic N) is 1. The highest BCUT2D eigenvalue weighted by Gasteiger charge is 2.25. The van der Waals surface area contributed by atoms with Crippen molar-refractivity contribution in [3.8, 4) is 0 Å². The molecular formula is C18H19N3O6S. The minimum absolute atomic E-state index is 0.0707. The number of furan rings is 1. The van der Waals surface area contributed by atoms with Crippen LogP contribution in [0.4, 0.5) is 0 Å². The van der Waals surface area contributed by atoms with E-state index in [4.69, 9.17) is 9.15 Å². The van der Waals surface area contributed by atoms with Crippen molar-refractivity contribution in [2.24, 2.45) is 0 Å². The number of morpholine rings is 1. The molecule has 3 rings (SSSR count). The summed E-state index contributed by atoms with van der Waals surface area (Å²) in [7, 11) is -3.56. The van der Waals surface area contributed by atoms with Crippen LogP contribution in [0.5, 0.6) is 0 Å². The Morgan fingerprint density at radius 1 is 1.04 bits per heavy atom. The predicted octanol–water partition coefficient (Wildman–Crippen LogP) is 0.775. The van der Waals surface area contributed by atoms with Gasteiger partial charge in [-0.3, -0.25) is 20.4 Å². The number of carbonyl (C=O) groups excluding carboxylic acids is 2. The number of ether oxygens (including phenoxy) is 1. The molecule has 1 aliphatic rings. The molecule has 1 saturated heterocycles. The van der Waals surface area contributed by atoms with E-state index in [1.54, 1.807) is 18.2 Å². The maximum atomic E-state index is 12.6. The molecule has 1 aliphatic heterocycles. The van der Waals surface area contributed by atoms with Gasteiger partial charge in [-0.25, -0.2) is 8.42 Å². The van der Waals surface area contributed by atoms with Gasteiger partial charge < -0.3 is 9.15 Å². The van der Waals surface area contributed by atoms with Crippen molar-refractivity contribution in [1.82, 2.24) is 15.2 Å². The molecule has 2 aromatic rings. The summed E-state index contributed by atoms with van der Waals surface area (Å²) in [6.45, 7) is 1.42. The summed E-state index contributed by atoms with van der Waals surface area (Å²) in [6, 6.07) is 9.18. The summed E-state index contributed by atoms with van der Waals surface area (Å²) in [5.41, 5.74) is 5.06. The molecule has 148 valence electrons. The van der Waals surface area contributed by atoms with Gasteiger partial charge in [0.1, 0.15) is 0 Å². The third-order valence-corrected chi connectivity index (χ3v) is 5.87. The van der Waals surface area contributed by atoms with Gasteiger partial charge in [0.15, 0.2) is 5.76 Å². The van der Waals surface area contributed by atoms with Crippen molar-refractivity contribution in [3.63, 3.8) is 0 Å². The van der Waals surface area contributed by atoms with Crippen molar-refractivity contribution in [3.05, 3.63) is 60.1 Å². The molecule has 0 unspecified atom stereocenters. The third-order valence-electron chi connectivity index (χ3n) is 3.96. The number of nitrogens with one attached hydrogen (secondary N) is 2. The Morgan fingerprint density at radius 2 is 1.75 bits per heavy atom. The average Bonchev–Trinajstić information content (AvgIpc) is 3.26. The lowest BCUT2D eigenvalue weighted by Crippen LogP contribution is -2.40. The molecule has 1 fully saturated rings. The first kappa shape index (κ1) is 19.8. The summed E-state index contributed by atoms with van der Waals surface area (Å²) in [5.74, 6) is -1.06. The first-order chi connectivity index (χ1) is 13.5. The number of sulfonamides is 1. The molecule has 9 nitrogen and oxygen atoms in total. The molecule has 1 aromatic carbocycles. The summed E-state index contributed by atoms with van der Waals surface area (Å²) < 4.78 is 36.6. The molecule has 0 aliphatic carbocycles. The van der Waals surface area contributed by atoms with Crippen LogP contribution in [0.2, 0.25) is 0 Å². The van der Waals surface area contributed by atoms with Crippen LogP contribution in [-0.2, 0) is 19.6 Å². The van der Waals surface area contributed by atoms with Crippen LogP contribution in [0.3, 0.4) is 0 Å². The summed E-state index contributed by atoms with van der Waals surface area (Å²) in [5, 5.41) is 0. The van der Waals surface area contributed by atoms with Gasteiger partial charge in [0.2, 0.25) is 10.0 Å². The van der Waals surface area contributed by atoms with E-state index in [-0.39, 0.29) is 10.7 Å². The van der Waals surface area contributed by atoms with Crippen LogP contribution in [0, 0.1) is 0 Å². The van der Waals surface area contributed by atoms with Crippen molar-refractivity contribution >= 4 is 27.9 Å². The highest BCUT2D eigenvalue weighted by molar-refractivity contribution is 7.89. The summed E-state index contributed by atoms with van der Waals surface area (Å²) >= 11 is 0. The maximum Gasteiger partial charge on any atom is 0.305 e. The molecule has 0 atom stereocenters. The van der Waals surface area contributed by atoms with Gasteiger partial charge in [-0.05, 0) is 35.9 Å². The number of hydrogen-bond acceptors (Lipinski definition) is 6. The second-order valence-electron chi connectivity index (χ2n) is 5.84. The SMILES string of the molecule is O=C(/C=C/c1ccc(S(=O)(=O)N2CCOCC2)cc1)NNC(=O)c1ccco1. The van der Waals surface area contributed by atoms with E-state index in [0.29, 0.717) is 31.9 Å². The Balaban J connectivity index is 1.56. The lowest BCUT2D eigenvalue weighted by Gasteiger charge is -2.26. The molecule has 0 bridgehead atoms. The Morgan fingerprint density at radius 3 is 2.39 bits per heavy atom. The van der Waals surface area contributed by atoms with Crippen molar-refractivity contribution in [2.75, 3.05) is 26.3 Å². The van der Waals surface area contributed by atoms with E-state index < -0.39 is 21.8 Å². The molecule has 1 aromatic heterocycles. The molecule has 10 heteroatoms. The molecule has 0 radical (unpaired) electrons. The zero-order chi connectivity index (χ0) is 20.0. The van der Waals surface area contributed by atoms with Crippen LogP contribution >= 0.6 is 0 Å². The molecule has 0 spiro atoms. The number of rotatable bonds is 5. The minimum Gasteiger partial charge on any atom is -0.459 e. The molecule has 2 heterocycles. The highest BCUT2D eigenvalue weighted by atomic mass is 32.2. The fourth-order valence-corrected chi connectivity index (χ4v) is 3.90. The first-order valence-corrected chi connectivity index (χ1v) is 9.91. The van der Waals surface area contributed by atoms with E-state index >= 15 is 0 Å². The minimum atomic E-state index is -3.56. The van der Waals surface area contributed by atoms with Crippen LogP contribution < -0.4 is 10.9 Å². The zero-order valence-corrected chi connectivity index (χ0v) is 15.6. The molecule has 2 amide bonds. The van der Waals surface area contributed by atoms with Gasteiger partial charge in [-0.15, -0.1) is 0 Å².